The molecule has 2 aromatic carbocycles. The predicted octanol–water partition coefficient (Wildman–Crippen LogP) is 4.16. The van der Waals surface area contributed by atoms with Crippen LogP contribution in [0.1, 0.15) is 28.4 Å². The van der Waals surface area contributed by atoms with Gasteiger partial charge in [-0.15, -0.1) is 0 Å². The van der Waals surface area contributed by atoms with Crippen LogP contribution in [0.5, 0.6) is 11.5 Å². The van der Waals surface area contributed by atoms with E-state index in [1.165, 1.54) is 0 Å². The Kier molecular flexibility index (Phi) is 4.86. The molecule has 136 valence electrons. The fourth-order valence-electron chi connectivity index (χ4n) is 3.21. The Morgan fingerprint density at radius 3 is 2.46 bits per heavy atom. The summed E-state index contributed by atoms with van der Waals surface area (Å²) in [5.74, 6) is -0.401. The first-order valence-corrected chi connectivity index (χ1v) is 8.58. The monoisotopic (exact) mass is 394 g/mol. The van der Waals surface area contributed by atoms with Gasteiger partial charge in [0, 0.05) is 5.56 Å². The summed E-state index contributed by atoms with van der Waals surface area (Å²) in [7, 11) is 1.58. The number of carbonyl (C=O) groups is 2. The van der Waals surface area contributed by atoms with Crippen molar-refractivity contribution in [3.63, 3.8) is 0 Å². The second kappa shape index (κ2) is 6.82. The third-order valence-electron chi connectivity index (χ3n) is 4.61. The zero-order valence-corrected chi connectivity index (χ0v) is 15.6. The molecule has 0 spiro atoms. The number of halogens is 2. The van der Waals surface area contributed by atoms with Crippen LogP contribution in [0.4, 0.5) is 0 Å². The normalized spacial score (nSPS) is 18.5. The molecule has 7 heteroatoms. The number of rotatable bonds is 5. The molecular weight excluding hydrogens is 379 g/mol. The lowest BCUT2D eigenvalue weighted by Crippen LogP contribution is -2.29. The number of methoxy groups -OCH3 is 1. The summed E-state index contributed by atoms with van der Waals surface area (Å²) < 4.78 is 10.4. The minimum atomic E-state index is -1.13. The average Bonchev–Trinajstić information content (AvgIpc) is 2.88. The van der Waals surface area contributed by atoms with E-state index in [2.05, 4.69) is 0 Å². The van der Waals surface area contributed by atoms with Gasteiger partial charge in [0.15, 0.2) is 12.4 Å². The minimum absolute atomic E-state index is 0.0407. The highest BCUT2D eigenvalue weighted by Crippen LogP contribution is 2.47. The number of carboxylic acids is 1. The molecule has 0 aromatic heterocycles. The van der Waals surface area contributed by atoms with E-state index in [1.807, 2.05) is 19.1 Å². The van der Waals surface area contributed by atoms with Gasteiger partial charge in [0.25, 0.3) is 0 Å². The van der Waals surface area contributed by atoms with Gasteiger partial charge < -0.3 is 14.6 Å². The van der Waals surface area contributed by atoms with Crippen molar-refractivity contribution in [3.8, 4) is 11.5 Å². The zero-order valence-electron chi connectivity index (χ0n) is 14.1. The van der Waals surface area contributed by atoms with Crippen LogP contribution >= 0.6 is 23.2 Å². The van der Waals surface area contributed by atoms with Crippen LogP contribution in [0.25, 0.3) is 0 Å². The summed E-state index contributed by atoms with van der Waals surface area (Å²) in [6.45, 7) is 1.30. The maximum atomic E-state index is 13.1. The van der Waals surface area contributed by atoms with Gasteiger partial charge in [-0.2, -0.15) is 0 Å². The van der Waals surface area contributed by atoms with E-state index in [0.717, 1.165) is 5.56 Å². The van der Waals surface area contributed by atoms with Crippen LogP contribution < -0.4 is 9.47 Å². The van der Waals surface area contributed by atoms with Crippen molar-refractivity contribution < 1.29 is 24.2 Å². The number of fused-ring (bicyclic) bond motifs is 1. The number of ketones is 1. The Bertz CT molecular complexity index is 892. The first kappa shape index (κ1) is 18.5. The van der Waals surface area contributed by atoms with Crippen LogP contribution in [-0.4, -0.2) is 30.6 Å². The molecule has 5 nitrogen and oxygen atoms in total. The van der Waals surface area contributed by atoms with Crippen molar-refractivity contribution in [2.24, 2.45) is 0 Å². The molecule has 0 fully saturated rings. The van der Waals surface area contributed by atoms with E-state index in [4.69, 9.17) is 37.8 Å². The lowest BCUT2D eigenvalue weighted by molar-refractivity contribution is -0.139. The number of aliphatic carboxylic acids is 1. The molecule has 3 rings (SSSR count). The molecule has 0 aliphatic heterocycles. The van der Waals surface area contributed by atoms with Crippen molar-refractivity contribution in [2.75, 3.05) is 13.7 Å². The highest BCUT2D eigenvalue weighted by atomic mass is 35.5. The third kappa shape index (κ3) is 3.02. The smallest absolute Gasteiger partial charge is 0.341 e. The molecule has 1 aliphatic rings. The topological polar surface area (TPSA) is 72.8 Å². The van der Waals surface area contributed by atoms with Crippen molar-refractivity contribution in [3.05, 3.63) is 57.1 Å². The summed E-state index contributed by atoms with van der Waals surface area (Å²) in [6, 6.07) is 8.89. The molecule has 0 radical (unpaired) electrons. The van der Waals surface area contributed by atoms with Gasteiger partial charge in [-0.25, -0.2) is 4.79 Å². The van der Waals surface area contributed by atoms with E-state index in [9.17, 15) is 9.59 Å². The van der Waals surface area contributed by atoms with Gasteiger partial charge in [-0.3, -0.25) is 4.79 Å². The molecule has 1 N–H and O–H groups in total. The summed E-state index contributed by atoms with van der Waals surface area (Å²) in [6.07, 6.45) is 0.411. The van der Waals surface area contributed by atoms with Crippen molar-refractivity contribution in [2.45, 2.75) is 18.8 Å². The number of hydrogen-bond donors (Lipinski definition) is 1. The van der Waals surface area contributed by atoms with E-state index in [0.29, 0.717) is 23.3 Å². The minimum Gasteiger partial charge on any atom is -0.497 e. The van der Waals surface area contributed by atoms with Gasteiger partial charge in [-0.05, 0) is 42.7 Å². The standard InChI is InChI=1S/C19H16Cl2O5/c1-19(11-3-5-12(25-2)6-4-11)8-10-7-13(26-9-14(22)23)16(20)17(21)15(10)18(19)24/h3-7H,8-9H2,1-2H3,(H,22,23). The lowest BCUT2D eigenvalue weighted by atomic mass is 9.79. The van der Waals surface area contributed by atoms with Crippen LogP contribution in [0.2, 0.25) is 10.0 Å². The van der Waals surface area contributed by atoms with Gasteiger partial charge in [0.2, 0.25) is 0 Å². The quantitative estimate of drug-likeness (QED) is 0.823. The zero-order chi connectivity index (χ0) is 19.1. The average molecular weight is 395 g/mol. The third-order valence-corrected chi connectivity index (χ3v) is 5.46. The van der Waals surface area contributed by atoms with Gasteiger partial charge in [0.1, 0.15) is 16.5 Å². The largest absolute Gasteiger partial charge is 0.497 e. The van der Waals surface area contributed by atoms with Crippen LogP contribution in [0.15, 0.2) is 30.3 Å². The highest BCUT2D eigenvalue weighted by molar-refractivity contribution is 6.45. The molecule has 0 saturated heterocycles. The Morgan fingerprint density at radius 1 is 1.23 bits per heavy atom. The number of hydrogen-bond acceptors (Lipinski definition) is 4. The number of benzene rings is 2. The summed E-state index contributed by atoms with van der Waals surface area (Å²) in [5, 5.41) is 8.91. The maximum absolute atomic E-state index is 13.1. The van der Waals surface area contributed by atoms with Crippen LogP contribution in [0.3, 0.4) is 0 Å². The summed E-state index contributed by atoms with van der Waals surface area (Å²) in [4.78, 5) is 23.8. The van der Waals surface area contributed by atoms with E-state index >= 15 is 0 Å². The second-order valence-corrected chi connectivity index (χ2v) is 7.04. The highest BCUT2D eigenvalue weighted by Gasteiger charge is 2.45. The first-order valence-electron chi connectivity index (χ1n) is 7.82. The van der Waals surface area contributed by atoms with Crippen LogP contribution in [0, 0.1) is 0 Å². The molecule has 1 aliphatic carbocycles. The van der Waals surface area contributed by atoms with Crippen molar-refractivity contribution in [1.29, 1.82) is 0 Å². The molecule has 1 unspecified atom stereocenters. The first-order chi connectivity index (χ1) is 12.3. The molecule has 1 atom stereocenters. The Hall–Kier alpha value is -2.24. The van der Waals surface area contributed by atoms with Gasteiger partial charge in [0.05, 0.1) is 17.5 Å². The van der Waals surface area contributed by atoms with Crippen molar-refractivity contribution in [1.82, 2.24) is 0 Å². The van der Waals surface area contributed by atoms with E-state index in [1.54, 1.807) is 25.3 Å². The molecule has 0 bridgehead atoms. The second-order valence-electron chi connectivity index (χ2n) is 6.29. The molecule has 0 saturated carbocycles. The molecule has 26 heavy (non-hydrogen) atoms. The molecule has 0 amide bonds. The lowest BCUT2D eigenvalue weighted by Gasteiger charge is -2.22. The number of Topliss-reactive ketones (excluding diaryl/α,β-unsaturated/α-hetero) is 1. The van der Waals surface area contributed by atoms with Crippen LogP contribution in [-0.2, 0) is 16.6 Å². The van der Waals surface area contributed by atoms with E-state index in [-0.39, 0.29) is 21.6 Å². The Morgan fingerprint density at radius 2 is 1.88 bits per heavy atom. The predicted molar refractivity (Wildman–Crippen MR) is 98.0 cm³/mol. The Labute approximate surface area is 160 Å². The summed E-state index contributed by atoms with van der Waals surface area (Å²) in [5.41, 5.74) is 1.08. The molecule has 0 heterocycles. The SMILES string of the molecule is COc1ccc(C2(C)Cc3cc(OCC(=O)O)c(Cl)c(Cl)c3C2=O)cc1. The van der Waals surface area contributed by atoms with E-state index < -0.39 is 18.0 Å². The van der Waals surface area contributed by atoms with Gasteiger partial charge in [-0.1, -0.05) is 35.3 Å². The summed E-state index contributed by atoms with van der Waals surface area (Å²) >= 11 is 12.5. The van der Waals surface area contributed by atoms with Gasteiger partial charge >= 0.3 is 5.97 Å². The Balaban J connectivity index is 2.02. The number of carboxylic acid groups (broad SMARTS) is 1. The fourth-order valence-corrected chi connectivity index (χ4v) is 3.72. The van der Waals surface area contributed by atoms with Crippen molar-refractivity contribution >= 4 is 35.0 Å². The maximum Gasteiger partial charge on any atom is 0.341 e. The number of carbonyl (C=O) groups excluding carboxylic acids is 1. The number of ether oxygens (including phenoxy) is 2. The molecule has 2 aromatic rings. The fraction of sp³-hybridized carbons (Fsp3) is 0.263. The molecular formula is C19H16Cl2O5.